The molecular formula is C13H17F2NO2. The van der Waals surface area contributed by atoms with E-state index in [9.17, 15) is 13.9 Å². The average Bonchev–Trinajstić information content (AvgIpc) is 2.33. The van der Waals surface area contributed by atoms with Crippen LogP contribution in [0.3, 0.4) is 0 Å². The van der Waals surface area contributed by atoms with E-state index in [4.69, 9.17) is 10.5 Å². The van der Waals surface area contributed by atoms with Gasteiger partial charge < -0.3 is 15.6 Å². The van der Waals surface area contributed by atoms with E-state index in [1.807, 2.05) is 0 Å². The van der Waals surface area contributed by atoms with Crippen LogP contribution in [0.5, 0.6) is 11.5 Å². The number of alkyl halides is 2. The van der Waals surface area contributed by atoms with Gasteiger partial charge in [-0.15, -0.1) is 0 Å². The molecule has 1 aliphatic carbocycles. The summed E-state index contributed by atoms with van der Waals surface area (Å²) in [5, 5.41) is 9.71. The molecule has 0 aromatic heterocycles. The normalized spacial score (nSPS) is 21.6. The summed E-state index contributed by atoms with van der Waals surface area (Å²) >= 11 is 0. The van der Waals surface area contributed by atoms with Crippen LogP contribution in [-0.4, -0.2) is 18.1 Å². The maximum absolute atomic E-state index is 13.1. The second-order valence-electron chi connectivity index (χ2n) is 4.90. The third-order valence-electron chi connectivity index (χ3n) is 3.63. The smallest absolute Gasteiger partial charge is 0.248 e. The van der Waals surface area contributed by atoms with Gasteiger partial charge in [0.25, 0.3) is 0 Å². The first-order valence-electron chi connectivity index (χ1n) is 5.90. The number of phenols is 1. The van der Waals surface area contributed by atoms with Crippen molar-refractivity contribution in [1.29, 1.82) is 0 Å². The second-order valence-corrected chi connectivity index (χ2v) is 4.90. The monoisotopic (exact) mass is 257 g/mol. The molecule has 0 atom stereocenters. The molecule has 0 aliphatic heterocycles. The highest BCUT2D eigenvalue weighted by Gasteiger charge is 2.42. The fraction of sp³-hybridized carbons (Fsp3) is 0.538. The SMILES string of the molecule is COc1ccc(C2(N)CCC(F)(F)CC2)cc1O. The van der Waals surface area contributed by atoms with E-state index in [0.29, 0.717) is 11.3 Å². The van der Waals surface area contributed by atoms with Gasteiger partial charge in [-0.3, -0.25) is 0 Å². The summed E-state index contributed by atoms with van der Waals surface area (Å²) in [4.78, 5) is 0. The Kier molecular flexibility index (Phi) is 3.19. The molecule has 0 saturated heterocycles. The number of ether oxygens (including phenoxy) is 1. The van der Waals surface area contributed by atoms with Crippen LogP contribution in [0.4, 0.5) is 8.78 Å². The average molecular weight is 257 g/mol. The van der Waals surface area contributed by atoms with Gasteiger partial charge in [-0.05, 0) is 30.5 Å². The molecule has 1 fully saturated rings. The van der Waals surface area contributed by atoms with Crippen LogP contribution >= 0.6 is 0 Å². The Bertz CT molecular complexity index is 439. The zero-order chi connectivity index (χ0) is 13.4. The number of hydrogen-bond donors (Lipinski definition) is 2. The molecule has 0 bridgehead atoms. The molecule has 1 aromatic rings. The zero-order valence-corrected chi connectivity index (χ0v) is 10.2. The molecule has 1 aromatic carbocycles. The van der Waals surface area contributed by atoms with Gasteiger partial charge in [0.15, 0.2) is 11.5 Å². The molecule has 0 amide bonds. The molecule has 0 unspecified atom stereocenters. The Morgan fingerprint density at radius 2 is 1.83 bits per heavy atom. The lowest BCUT2D eigenvalue weighted by molar-refractivity contribution is -0.0514. The van der Waals surface area contributed by atoms with E-state index in [-0.39, 0.29) is 31.4 Å². The van der Waals surface area contributed by atoms with Crippen molar-refractivity contribution in [1.82, 2.24) is 0 Å². The first-order valence-corrected chi connectivity index (χ1v) is 5.90. The Morgan fingerprint density at radius 1 is 1.22 bits per heavy atom. The minimum Gasteiger partial charge on any atom is -0.504 e. The van der Waals surface area contributed by atoms with E-state index >= 15 is 0 Å². The van der Waals surface area contributed by atoms with E-state index in [1.54, 1.807) is 12.1 Å². The summed E-state index contributed by atoms with van der Waals surface area (Å²) in [6.07, 6.45) is 0.00409. The number of phenolic OH excluding ortho intramolecular Hbond substituents is 1. The van der Waals surface area contributed by atoms with Gasteiger partial charge in [-0.2, -0.15) is 0 Å². The van der Waals surface area contributed by atoms with Crippen LogP contribution in [0.1, 0.15) is 31.2 Å². The van der Waals surface area contributed by atoms with Crippen LogP contribution in [0.25, 0.3) is 0 Å². The maximum atomic E-state index is 13.1. The second kappa shape index (κ2) is 4.39. The van der Waals surface area contributed by atoms with Crippen LogP contribution in [0.15, 0.2) is 18.2 Å². The Hall–Kier alpha value is -1.36. The van der Waals surface area contributed by atoms with Gasteiger partial charge in [-0.1, -0.05) is 6.07 Å². The van der Waals surface area contributed by atoms with Gasteiger partial charge in [-0.25, -0.2) is 8.78 Å². The highest BCUT2D eigenvalue weighted by Crippen LogP contribution is 2.43. The first-order chi connectivity index (χ1) is 8.36. The Balaban J connectivity index is 2.23. The molecule has 0 heterocycles. The minimum absolute atomic E-state index is 0.0165. The third-order valence-corrected chi connectivity index (χ3v) is 3.63. The molecule has 0 spiro atoms. The lowest BCUT2D eigenvalue weighted by Crippen LogP contribution is -2.43. The maximum Gasteiger partial charge on any atom is 0.248 e. The lowest BCUT2D eigenvalue weighted by atomic mass is 9.76. The van der Waals surface area contributed by atoms with Crippen LogP contribution in [-0.2, 0) is 5.54 Å². The molecule has 3 nitrogen and oxygen atoms in total. The molecule has 5 heteroatoms. The molecule has 0 radical (unpaired) electrons. The summed E-state index contributed by atoms with van der Waals surface area (Å²) in [7, 11) is 1.45. The predicted octanol–water partition coefficient (Wildman–Crippen LogP) is 2.76. The standard InChI is InChI=1S/C13H17F2NO2/c1-18-11-3-2-9(8-10(11)17)12(16)4-6-13(14,15)7-5-12/h2-3,8,17H,4-7,16H2,1H3. The quantitative estimate of drug-likeness (QED) is 0.856. The van der Waals surface area contributed by atoms with Crippen LogP contribution in [0.2, 0.25) is 0 Å². The molecule has 1 saturated carbocycles. The first kappa shape index (κ1) is 13.1. The van der Waals surface area contributed by atoms with Crippen molar-refractivity contribution in [2.24, 2.45) is 5.73 Å². The van der Waals surface area contributed by atoms with Crippen molar-refractivity contribution in [2.75, 3.05) is 7.11 Å². The van der Waals surface area contributed by atoms with Crippen molar-refractivity contribution < 1.29 is 18.6 Å². The molecule has 2 rings (SSSR count). The zero-order valence-electron chi connectivity index (χ0n) is 10.2. The number of benzene rings is 1. The molecular weight excluding hydrogens is 240 g/mol. The van der Waals surface area contributed by atoms with Crippen molar-refractivity contribution in [3.63, 3.8) is 0 Å². The summed E-state index contributed by atoms with van der Waals surface area (Å²) in [5.41, 5.74) is 6.07. The fourth-order valence-corrected chi connectivity index (χ4v) is 2.35. The third kappa shape index (κ3) is 2.41. The molecule has 100 valence electrons. The van der Waals surface area contributed by atoms with Gasteiger partial charge in [0.1, 0.15) is 0 Å². The number of nitrogens with two attached hydrogens (primary N) is 1. The van der Waals surface area contributed by atoms with Gasteiger partial charge in [0, 0.05) is 18.4 Å². The number of halogens is 2. The van der Waals surface area contributed by atoms with Gasteiger partial charge >= 0.3 is 0 Å². The van der Waals surface area contributed by atoms with E-state index in [2.05, 4.69) is 0 Å². The summed E-state index contributed by atoms with van der Waals surface area (Å²) in [6, 6.07) is 4.83. The number of rotatable bonds is 2. The number of aromatic hydroxyl groups is 1. The molecule has 1 aliphatic rings. The molecule has 3 N–H and O–H groups in total. The summed E-state index contributed by atoms with van der Waals surface area (Å²) in [6.45, 7) is 0. The topological polar surface area (TPSA) is 55.5 Å². The van der Waals surface area contributed by atoms with Gasteiger partial charge in [0.05, 0.1) is 7.11 Å². The van der Waals surface area contributed by atoms with E-state index in [1.165, 1.54) is 13.2 Å². The number of hydrogen-bond acceptors (Lipinski definition) is 3. The predicted molar refractivity (Wildman–Crippen MR) is 63.9 cm³/mol. The lowest BCUT2D eigenvalue weighted by Gasteiger charge is -2.37. The molecule has 18 heavy (non-hydrogen) atoms. The Labute approximate surface area is 105 Å². The highest BCUT2D eigenvalue weighted by atomic mass is 19.3. The van der Waals surface area contributed by atoms with E-state index in [0.717, 1.165) is 0 Å². The van der Waals surface area contributed by atoms with E-state index < -0.39 is 11.5 Å². The summed E-state index contributed by atoms with van der Waals surface area (Å²) < 4.78 is 31.2. The van der Waals surface area contributed by atoms with Crippen molar-refractivity contribution in [3.05, 3.63) is 23.8 Å². The minimum atomic E-state index is -2.61. The fourth-order valence-electron chi connectivity index (χ4n) is 2.35. The highest BCUT2D eigenvalue weighted by molar-refractivity contribution is 5.44. The number of methoxy groups -OCH3 is 1. The van der Waals surface area contributed by atoms with Crippen LogP contribution in [0, 0.1) is 0 Å². The van der Waals surface area contributed by atoms with Gasteiger partial charge in [0.2, 0.25) is 5.92 Å². The van der Waals surface area contributed by atoms with Crippen molar-refractivity contribution >= 4 is 0 Å². The largest absolute Gasteiger partial charge is 0.504 e. The Morgan fingerprint density at radius 3 is 2.33 bits per heavy atom. The van der Waals surface area contributed by atoms with Crippen LogP contribution < -0.4 is 10.5 Å². The van der Waals surface area contributed by atoms with Crippen molar-refractivity contribution in [2.45, 2.75) is 37.1 Å². The van der Waals surface area contributed by atoms with Crippen molar-refractivity contribution in [3.8, 4) is 11.5 Å². The summed E-state index contributed by atoms with van der Waals surface area (Å²) in [5.74, 6) is -2.28.